The molecule has 0 radical (unpaired) electrons. The fraction of sp³-hybridized carbons (Fsp3) is 0.300. The molecule has 20 heavy (non-hydrogen) atoms. The van der Waals surface area contributed by atoms with Crippen LogP contribution in [0.15, 0.2) is 24.3 Å². The Kier molecular flexibility index (Phi) is 4.02. The molecule has 1 aromatic rings. The third-order valence-corrected chi connectivity index (χ3v) is 3.36. The second-order valence-electron chi connectivity index (χ2n) is 3.94. The maximum Gasteiger partial charge on any atom is 0.534 e. The number of amides is 1. The summed E-state index contributed by atoms with van der Waals surface area (Å²) in [5.74, 6) is -1.69. The van der Waals surface area contributed by atoms with Crippen LogP contribution in [0.2, 0.25) is 0 Å². The third kappa shape index (κ3) is 3.20. The van der Waals surface area contributed by atoms with Gasteiger partial charge < -0.3 is 15.0 Å². The number of carbonyl (C=O) groups excluding carboxylic acids is 1. The van der Waals surface area contributed by atoms with Crippen molar-refractivity contribution in [3.8, 4) is 5.75 Å². The average molecular weight is 313 g/mol. The van der Waals surface area contributed by atoms with E-state index < -0.39 is 32.9 Å². The van der Waals surface area contributed by atoms with E-state index >= 15 is 0 Å². The second kappa shape index (κ2) is 4.94. The molecule has 6 nitrogen and oxygen atoms in total. The number of nitrogens with two attached hydrogens (primary N) is 1. The third-order valence-electron chi connectivity index (χ3n) is 2.39. The Morgan fingerprint density at radius 3 is 2.05 bits per heavy atom. The van der Waals surface area contributed by atoms with Crippen molar-refractivity contribution in [2.24, 2.45) is 5.73 Å². The highest BCUT2D eigenvalue weighted by Crippen LogP contribution is 2.28. The summed E-state index contributed by atoms with van der Waals surface area (Å²) in [4.78, 5) is 11.0. The zero-order chi connectivity index (χ0) is 15.8. The van der Waals surface area contributed by atoms with Crippen LogP contribution >= 0.6 is 0 Å². The highest BCUT2D eigenvalue weighted by atomic mass is 32.2. The van der Waals surface area contributed by atoms with Gasteiger partial charge in [-0.15, -0.1) is 0 Å². The van der Waals surface area contributed by atoms with Crippen LogP contribution < -0.4 is 9.92 Å². The quantitative estimate of drug-likeness (QED) is 0.625. The molecule has 0 saturated carbocycles. The van der Waals surface area contributed by atoms with Gasteiger partial charge in [-0.3, -0.25) is 4.79 Å². The lowest BCUT2D eigenvalue weighted by Gasteiger charge is -2.19. The van der Waals surface area contributed by atoms with Crippen LogP contribution in [0.4, 0.5) is 13.2 Å². The minimum absolute atomic E-state index is 0.0262. The zero-order valence-corrected chi connectivity index (χ0v) is 10.8. The molecular weight excluding hydrogens is 303 g/mol. The van der Waals surface area contributed by atoms with E-state index in [2.05, 4.69) is 4.18 Å². The zero-order valence-electron chi connectivity index (χ0n) is 10.0. The highest BCUT2D eigenvalue weighted by molar-refractivity contribution is 7.87. The van der Waals surface area contributed by atoms with Crippen LogP contribution in [-0.4, -0.2) is 24.9 Å². The van der Waals surface area contributed by atoms with Gasteiger partial charge in [0, 0.05) is 0 Å². The van der Waals surface area contributed by atoms with Gasteiger partial charge >= 0.3 is 15.6 Å². The maximum absolute atomic E-state index is 12.1. The molecule has 1 aromatic carbocycles. The van der Waals surface area contributed by atoms with E-state index in [1.807, 2.05) is 0 Å². The van der Waals surface area contributed by atoms with Crippen molar-refractivity contribution in [3.05, 3.63) is 29.8 Å². The molecule has 3 N–H and O–H groups in total. The summed E-state index contributed by atoms with van der Waals surface area (Å²) in [6.45, 7) is 1.08. The number of rotatable bonds is 4. The Morgan fingerprint density at radius 1 is 1.25 bits per heavy atom. The Hall–Kier alpha value is -1.81. The summed E-state index contributed by atoms with van der Waals surface area (Å²) in [6, 6.07) is 3.75. The van der Waals surface area contributed by atoms with Gasteiger partial charge in [0.25, 0.3) is 5.91 Å². The highest BCUT2D eigenvalue weighted by Gasteiger charge is 2.48. The van der Waals surface area contributed by atoms with Crippen molar-refractivity contribution < 1.29 is 35.7 Å². The van der Waals surface area contributed by atoms with E-state index in [1.54, 1.807) is 0 Å². The first-order chi connectivity index (χ1) is 8.88. The number of halogens is 3. The summed E-state index contributed by atoms with van der Waals surface area (Å²) in [6.07, 6.45) is 0. The van der Waals surface area contributed by atoms with Crippen molar-refractivity contribution in [1.29, 1.82) is 0 Å². The van der Waals surface area contributed by atoms with E-state index in [4.69, 9.17) is 5.73 Å². The minimum atomic E-state index is -5.77. The number of carbonyl (C=O) groups is 1. The molecule has 112 valence electrons. The van der Waals surface area contributed by atoms with Crippen LogP contribution in [0.5, 0.6) is 5.75 Å². The van der Waals surface area contributed by atoms with Crippen LogP contribution in [0.3, 0.4) is 0 Å². The van der Waals surface area contributed by atoms with E-state index in [0.29, 0.717) is 0 Å². The first-order valence-electron chi connectivity index (χ1n) is 5.01. The molecule has 1 unspecified atom stereocenters. The first kappa shape index (κ1) is 16.2. The SMILES string of the molecule is CC(O)(C(N)=O)c1ccc(OS(=O)(=O)C(F)(F)F)cc1. The summed E-state index contributed by atoms with van der Waals surface area (Å²) >= 11 is 0. The van der Waals surface area contributed by atoms with Crippen molar-refractivity contribution in [3.63, 3.8) is 0 Å². The molecule has 0 aliphatic rings. The molecule has 0 bridgehead atoms. The summed E-state index contributed by atoms with van der Waals surface area (Å²) in [7, 11) is -5.77. The number of primary amides is 1. The van der Waals surface area contributed by atoms with Gasteiger partial charge in [-0.25, -0.2) is 0 Å². The molecule has 1 rings (SSSR count). The van der Waals surface area contributed by atoms with Crippen molar-refractivity contribution in [1.82, 2.24) is 0 Å². The van der Waals surface area contributed by atoms with Gasteiger partial charge in [0.1, 0.15) is 5.75 Å². The predicted octanol–water partition coefficient (Wildman–Crippen LogP) is 0.608. The van der Waals surface area contributed by atoms with Gasteiger partial charge in [0.2, 0.25) is 0 Å². The van der Waals surface area contributed by atoms with Crippen LogP contribution in [0.25, 0.3) is 0 Å². The lowest BCUT2D eigenvalue weighted by molar-refractivity contribution is -0.135. The van der Waals surface area contributed by atoms with E-state index in [1.165, 1.54) is 0 Å². The molecule has 0 fully saturated rings. The van der Waals surface area contributed by atoms with Gasteiger partial charge in [-0.05, 0) is 24.6 Å². The fourth-order valence-electron chi connectivity index (χ4n) is 1.15. The van der Waals surface area contributed by atoms with Gasteiger partial charge in [-0.1, -0.05) is 12.1 Å². The normalized spacial score (nSPS) is 15.4. The number of hydrogen-bond donors (Lipinski definition) is 2. The second-order valence-corrected chi connectivity index (χ2v) is 5.48. The monoisotopic (exact) mass is 313 g/mol. The Bertz CT molecular complexity index is 607. The van der Waals surface area contributed by atoms with E-state index in [-0.39, 0.29) is 5.56 Å². The molecule has 0 aliphatic heterocycles. The topological polar surface area (TPSA) is 107 Å². The average Bonchev–Trinajstić information content (AvgIpc) is 2.27. The molecule has 0 aliphatic carbocycles. The van der Waals surface area contributed by atoms with Crippen LogP contribution in [0.1, 0.15) is 12.5 Å². The van der Waals surface area contributed by atoms with Gasteiger partial charge in [-0.2, -0.15) is 21.6 Å². The van der Waals surface area contributed by atoms with E-state index in [0.717, 1.165) is 31.2 Å². The van der Waals surface area contributed by atoms with E-state index in [9.17, 15) is 31.5 Å². The number of alkyl halides is 3. The predicted molar refractivity (Wildman–Crippen MR) is 60.8 cm³/mol. The Balaban J connectivity index is 3.03. The number of benzene rings is 1. The van der Waals surface area contributed by atoms with Crippen molar-refractivity contribution in [2.45, 2.75) is 18.0 Å². The van der Waals surface area contributed by atoms with Crippen molar-refractivity contribution >= 4 is 16.0 Å². The summed E-state index contributed by atoms with van der Waals surface area (Å²) < 4.78 is 61.6. The standard InChI is InChI=1S/C10H10F3NO5S/c1-9(16,8(14)15)6-2-4-7(5-3-6)19-20(17,18)10(11,12)13/h2-5,16H,1H3,(H2,14,15). The van der Waals surface area contributed by atoms with Gasteiger partial charge in [0.05, 0.1) is 0 Å². The lowest BCUT2D eigenvalue weighted by Crippen LogP contribution is -2.38. The smallest absolute Gasteiger partial charge is 0.376 e. The largest absolute Gasteiger partial charge is 0.534 e. The van der Waals surface area contributed by atoms with Crippen LogP contribution in [-0.2, 0) is 20.5 Å². The molecule has 1 atom stereocenters. The molecule has 0 heterocycles. The fourth-order valence-corrected chi connectivity index (χ4v) is 1.61. The summed E-state index contributed by atoms with van der Waals surface area (Å²) in [5.41, 5.74) is -2.68. The Morgan fingerprint density at radius 2 is 1.70 bits per heavy atom. The van der Waals surface area contributed by atoms with Crippen molar-refractivity contribution in [2.75, 3.05) is 0 Å². The van der Waals surface area contributed by atoms with Crippen LogP contribution in [0, 0.1) is 0 Å². The molecule has 0 aromatic heterocycles. The number of hydrogen-bond acceptors (Lipinski definition) is 5. The molecule has 0 spiro atoms. The Labute approximate surface area is 112 Å². The molecule has 10 heteroatoms. The number of aliphatic hydroxyl groups is 1. The minimum Gasteiger partial charge on any atom is -0.376 e. The maximum atomic E-state index is 12.1. The van der Waals surface area contributed by atoms with Gasteiger partial charge in [0.15, 0.2) is 5.60 Å². The summed E-state index contributed by atoms with van der Waals surface area (Å²) in [5, 5.41) is 9.70. The first-order valence-corrected chi connectivity index (χ1v) is 6.42. The molecule has 0 saturated heterocycles. The molecular formula is C10H10F3NO5S. The molecule has 1 amide bonds. The lowest BCUT2D eigenvalue weighted by atomic mass is 9.95.